The summed E-state index contributed by atoms with van der Waals surface area (Å²) in [6, 6.07) is 17.9. The standard InChI is InChI=1S/C44H48ClN7O9S2/c1-44(2)13-10-30(37(24-44)28-4-6-31(45)7-5-28)26-50-15-17-51(18-16-50)33-8-9-36(39(21-33)61-34-20-29-11-14-46-42(29)47-25-34)43(53)49-63(58,59)35-22-38(52(54)55)41-40(23-35)60-27-32(48-41)12-19-62(3,56)57/h4-9,11,14,20-23,25,32,48H,10,12-13,15-19,24,26-27H2,1-3H3,(H,46,47)(H,49,53)/t32-/m0/s1. The summed E-state index contributed by atoms with van der Waals surface area (Å²) in [7, 11) is -8.03. The van der Waals surface area contributed by atoms with Crippen LogP contribution in [-0.2, 0) is 19.9 Å². The van der Waals surface area contributed by atoms with Gasteiger partial charge in [0.1, 0.15) is 33.6 Å². The molecule has 0 spiro atoms. The number of H-pyrrole nitrogens is 1. The second-order valence-corrected chi connectivity index (χ2v) is 21.5. The maximum absolute atomic E-state index is 14.0. The molecule has 1 saturated heterocycles. The van der Waals surface area contributed by atoms with Gasteiger partial charge in [-0.05, 0) is 78.6 Å². The molecule has 0 unspecified atom stereocenters. The van der Waals surface area contributed by atoms with Crippen LogP contribution in [0.4, 0.5) is 17.1 Å². The van der Waals surface area contributed by atoms with E-state index in [1.807, 2.05) is 18.2 Å². The molecule has 0 bridgehead atoms. The predicted octanol–water partition coefficient (Wildman–Crippen LogP) is 7.43. The number of aromatic amines is 1. The monoisotopic (exact) mass is 917 g/mol. The lowest BCUT2D eigenvalue weighted by Gasteiger charge is -2.39. The number of ether oxygens (including phenoxy) is 2. The molecule has 2 aromatic heterocycles. The Morgan fingerprint density at radius 3 is 2.54 bits per heavy atom. The summed E-state index contributed by atoms with van der Waals surface area (Å²) in [5, 5.41) is 16.6. The number of allylic oxidation sites excluding steroid dienone is 1. The lowest BCUT2D eigenvalue weighted by atomic mass is 9.72. The van der Waals surface area contributed by atoms with Crippen LogP contribution in [-0.4, -0.2) is 99.9 Å². The normalized spacial score (nSPS) is 18.0. The average Bonchev–Trinajstić information content (AvgIpc) is 3.71. The highest BCUT2D eigenvalue weighted by atomic mass is 35.5. The number of pyridine rings is 1. The van der Waals surface area contributed by atoms with Crippen molar-refractivity contribution in [3.63, 3.8) is 0 Å². The fourth-order valence-corrected chi connectivity index (χ4v) is 10.1. The van der Waals surface area contributed by atoms with E-state index in [0.29, 0.717) is 29.5 Å². The number of hydrogen-bond donors (Lipinski definition) is 3. The molecule has 0 saturated carbocycles. The highest BCUT2D eigenvalue weighted by molar-refractivity contribution is 7.90. The zero-order valence-electron chi connectivity index (χ0n) is 35.0. The van der Waals surface area contributed by atoms with Gasteiger partial charge in [0.15, 0.2) is 11.4 Å². The van der Waals surface area contributed by atoms with E-state index in [-0.39, 0.29) is 46.9 Å². The zero-order chi connectivity index (χ0) is 44.7. The van der Waals surface area contributed by atoms with Gasteiger partial charge < -0.3 is 24.7 Å². The number of nitrogens with one attached hydrogen (secondary N) is 3. The van der Waals surface area contributed by atoms with Gasteiger partial charge in [-0.1, -0.05) is 43.2 Å². The van der Waals surface area contributed by atoms with Crippen molar-refractivity contribution in [1.82, 2.24) is 19.6 Å². The molecule has 19 heteroatoms. The third-order valence-electron chi connectivity index (χ3n) is 11.8. The number of rotatable bonds is 13. The van der Waals surface area contributed by atoms with Crippen molar-refractivity contribution in [2.45, 2.75) is 50.5 Å². The van der Waals surface area contributed by atoms with Gasteiger partial charge in [-0.25, -0.2) is 26.5 Å². The molecular formula is C44H48ClN7O9S2. The predicted molar refractivity (Wildman–Crippen MR) is 242 cm³/mol. The van der Waals surface area contributed by atoms with Gasteiger partial charge >= 0.3 is 0 Å². The summed E-state index contributed by atoms with van der Waals surface area (Å²) in [6.45, 7) is 8.40. The van der Waals surface area contributed by atoms with Crippen molar-refractivity contribution >= 4 is 71.0 Å². The number of carbonyl (C=O) groups is 1. The fourth-order valence-electron chi connectivity index (χ4n) is 8.30. The molecule has 3 aromatic carbocycles. The first-order chi connectivity index (χ1) is 29.9. The van der Waals surface area contributed by atoms with Gasteiger partial charge in [-0.3, -0.25) is 19.8 Å². The molecule has 1 amide bonds. The van der Waals surface area contributed by atoms with E-state index in [1.165, 1.54) is 29.0 Å². The molecule has 8 rings (SSSR count). The number of anilines is 2. The number of aromatic nitrogens is 2. The Labute approximate surface area is 370 Å². The van der Waals surface area contributed by atoms with Crippen LogP contribution in [0.2, 0.25) is 5.02 Å². The number of piperazine rings is 1. The van der Waals surface area contributed by atoms with E-state index in [4.69, 9.17) is 21.1 Å². The van der Waals surface area contributed by atoms with Crippen molar-refractivity contribution in [3.05, 3.63) is 111 Å². The molecule has 3 N–H and O–H groups in total. The number of benzene rings is 3. The average molecular weight is 918 g/mol. The minimum Gasteiger partial charge on any atom is -0.489 e. The molecule has 63 heavy (non-hydrogen) atoms. The molecule has 4 heterocycles. The molecular weight excluding hydrogens is 870 g/mol. The number of hydrogen-bond acceptors (Lipinski definition) is 13. The summed E-state index contributed by atoms with van der Waals surface area (Å²) in [5.41, 5.74) is 4.85. The fraction of sp³-hybridized carbons (Fsp3) is 0.364. The van der Waals surface area contributed by atoms with E-state index in [9.17, 15) is 31.7 Å². The number of amides is 1. The molecule has 1 fully saturated rings. The van der Waals surface area contributed by atoms with Crippen LogP contribution in [0.1, 0.15) is 55.5 Å². The van der Waals surface area contributed by atoms with E-state index in [0.717, 1.165) is 68.4 Å². The Morgan fingerprint density at radius 2 is 1.81 bits per heavy atom. The summed E-state index contributed by atoms with van der Waals surface area (Å²) in [6.07, 6.45) is 7.57. The molecule has 1 aliphatic carbocycles. The highest BCUT2D eigenvalue weighted by Gasteiger charge is 2.33. The Kier molecular flexibility index (Phi) is 12.2. The molecule has 1 atom stereocenters. The van der Waals surface area contributed by atoms with Gasteiger partial charge in [0.25, 0.3) is 21.6 Å². The topological polar surface area (TPSA) is 206 Å². The number of sulfone groups is 1. The second kappa shape index (κ2) is 17.5. The van der Waals surface area contributed by atoms with Crippen LogP contribution in [0.5, 0.6) is 17.2 Å². The van der Waals surface area contributed by atoms with Crippen molar-refractivity contribution in [1.29, 1.82) is 0 Å². The molecule has 2 aliphatic heterocycles. The Bertz CT molecular complexity index is 2840. The Morgan fingerprint density at radius 1 is 1.05 bits per heavy atom. The number of fused-ring (bicyclic) bond motifs is 2. The lowest BCUT2D eigenvalue weighted by molar-refractivity contribution is -0.384. The van der Waals surface area contributed by atoms with Crippen LogP contribution in [0, 0.1) is 15.5 Å². The van der Waals surface area contributed by atoms with Crippen LogP contribution in [0.3, 0.4) is 0 Å². The Hall–Kier alpha value is -5.69. The number of halogens is 1. The third-order valence-corrected chi connectivity index (χ3v) is 14.3. The number of sulfonamides is 1. The van der Waals surface area contributed by atoms with Crippen molar-refractivity contribution in [3.8, 4) is 17.2 Å². The van der Waals surface area contributed by atoms with E-state index in [2.05, 4.69) is 55.8 Å². The SMILES string of the molecule is CC1(C)CCC(CN2CCN(c3ccc(C(=O)NS(=O)(=O)c4cc5c(c([N+](=O)[O-])c4)N[C@@H](CCS(C)(=O)=O)CO5)c(Oc4cnc5[nH]ccc5c4)c3)CC2)=C(c2ccc(Cl)cc2)C1. The van der Waals surface area contributed by atoms with Gasteiger partial charge in [0, 0.05) is 79.5 Å². The van der Waals surface area contributed by atoms with E-state index >= 15 is 0 Å². The lowest BCUT2D eigenvalue weighted by Crippen LogP contribution is -2.47. The number of nitrogens with zero attached hydrogens (tertiary/aromatic N) is 4. The minimum absolute atomic E-state index is 0.0666. The van der Waals surface area contributed by atoms with E-state index < -0.39 is 47.3 Å². The highest BCUT2D eigenvalue weighted by Crippen LogP contribution is 2.44. The minimum atomic E-state index is -4.72. The van der Waals surface area contributed by atoms with Crippen LogP contribution < -0.4 is 24.4 Å². The first kappa shape index (κ1) is 43.9. The first-order valence-electron chi connectivity index (χ1n) is 20.6. The van der Waals surface area contributed by atoms with Gasteiger partial charge in [-0.15, -0.1) is 0 Å². The number of carbonyl (C=O) groups excluding carboxylic acids is 1. The van der Waals surface area contributed by atoms with Crippen molar-refractivity contribution in [2.75, 3.05) is 61.6 Å². The maximum Gasteiger partial charge on any atom is 0.297 e. The van der Waals surface area contributed by atoms with Crippen molar-refractivity contribution in [2.24, 2.45) is 5.41 Å². The molecule has 5 aromatic rings. The largest absolute Gasteiger partial charge is 0.489 e. The van der Waals surface area contributed by atoms with Gasteiger partial charge in [0.2, 0.25) is 0 Å². The smallest absolute Gasteiger partial charge is 0.297 e. The van der Waals surface area contributed by atoms with Crippen LogP contribution in [0.25, 0.3) is 16.6 Å². The quantitative estimate of drug-likeness (QED) is 0.0777. The summed E-state index contributed by atoms with van der Waals surface area (Å²) in [4.78, 5) is 36.9. The maximum atomic E-state index is 14.0. The van der Waals surface area contributed by atoms with Crippen LogP contribution >= 0.6 is 11.6 Å². The molecule has 16 nitrogen and oxygen atoms in total. The summed E-state index contributed by atoms with van der Waals surface area (Å²) >= 11 is 6.23. The van der Waals surface area contributed by atoms with E-state index in [1.54, 1.807) is 24.4 Å². The van der Waals surface area contributed by atoms with Crippen LogP contribution in [0.15, 0.2) is 89.6 Å². The first-order valence-corrected chi connectivity index (χ1v) is 24.5. The number of nitro benzene ring substituents is 1. The zero-order valence-corrected chi connectivity index (χ0v) is 37.4. The number of nitro groups is 1. The molecule has 332 valence electrons. The Balaban J connectivity index is 1.02. The summed E-state index contributed by atoms with van der Waals surface area (Å²) < 4.78 is 65.1. The molecule has 3 aliphatic rings. The third kappa shape index (κ3) is 10.2. The van der Waals surface area contributed by atoms with Gasteiger partial charge in [0.05, 0.1) is 33.4 Å². The van der Waals surface area contributed by atoms with Gasteiger partial charge in [-0.2, -0.15) is 0 Å². The summed E-state index contributed by atoms with van der Waals surface area (Å²) in [5.74, 6) is -0.953. The van der Waals surface area contributed by atoms with Crippen molar-refractivity contribution < 1.29 is 36.0 Å². The molecule has 0 radical (unpaired) electrons. The second-order valence-electron chi connectivity index (χ2n) is 17.1.